The van der Waals surface area contributed by atoms with Crippen molar-refractivity contribution in [3.63, 3.8) is 0 Å². The molecule has 0 fully saturated rings. The summed E-state index contributed by atoms with van der Waals surface area (Å²) in [5, 5.41) is 0. The van der Waals surface area contributed by atoms with Gasteiger partial charge >= 0.3 is 0 Å². The number of hydrogen-bond donors (Lipinski definition) is 0. The minimum atomic E-state index is -0.640. The smallest absolute Gasteiger partial charge is 0.133 e. The van der Waals surface area contributed by atoms with Crippen molar-refractivity contribution in [2.75, 3.05) is 0 Å². The normalized spacial score (nSPS) is 12.2. The van der Waals surface area contributed by atoms with E-state index in [1.54, 1.807) is 0 Å². The van der Waals surface area contributed by atoms with Crippen LogP contribution >= 0.6 is 0 Å². The van der Waals surface area contributed by atoms with Gasteiger partial charge in [0.25, 0.3) is 0 Å². The molecule has 0 saturated carbocycles. The number of hydrogen-bond acceptors (Lipinski definition) is 2. The molecule has 0 aliphatic rings. The maximum atomic E-state index is 12.1. The average Bonchev–Trinajstić information content (AvgIpc) is 3.38. The molecule has 0 aliphatic heterocycles. The van der Waals surface area contributed by atoms with E-state index in [4.69, 9.17) is 4.98 Å². The molecule has 160 valence electrons. The van der Waals surface area contributed by atoms with Gasteiger partial charge < -0.3 is 9.36 Å². The number of aldehydes is 1. The molecule has 3 nitrogen and oxygen atoms in total. The van der Waals surface area contributed by atoms with Gasteiger partial charge in [0.15, 0.2) is 0 Å². The molecule has 0 radical (unpaired) electrons. The van der Waals surface area contributed by atoms with E-state index in [1.165, 1.54) is 0 Å². The first-order valence-electron chi connectivity index (χ1n) is 11.0. The molecule has 0 bridgehead atoms. The van der Waals surface area contributed by atoms with Crippen molar-refractivity contribution in [2.45, 2.75) is 11.5 Å². The van der Waals surface area contributed by atoms with Gasteiger partial charge in [0, 0.05) is 6.20 Å². The van der Waals surface area contributed by atoms with Crippen LogP contribution in [0.3, 0.4) is 0 Å². The lowest BCUT2D eigenvalue weighted by Gasteiger charge is -2.37. The van der Waals surface area contributed by atoms with E-state index in [0.717, 1.165) is 34.2 Å². The van der Waals surface area contributed by atoms with Crippen LogP contribution in [0.15, 0.2) is 134 Å². The van der Waals surface area contributed by atoms with Crippen molar-refractivity contribution in [1.82, 2.24) is 9.55 Å². The zero-order chi connectivity index (χ0) is 22.5. The first-order valence-corrected chi connectivity index (χ1v) is 11.0. The first-order chi connectivity index (χ1) is 16.3. The topological polar surface area (TPSA) is 34.9 Å². The first kappa shape index (κ1) is 20.7. The second-order valence-electron chi connectivity index (χ2n) is 8.04. The van der Waals surface area contributed by atoms with E-state index >= 15 is 0 Å². The van der Waals surface area contributed by atoms with E-state index in [0.29, 0.717) is 0 Å². The van der Waals surface area contributed by atoms with E-state index in [1.807, 2.05) is 61.1 Å². The number of carbonyl (C=O) groups excluding carboxylic acids is 1. The van der Waals surface area contributed by atoms with E-state index in [9.17, 15) is 4.79 Å². The molecule has 1 atom stereocenters. The maximum Gasteiger partial charge on any atom is 0.133 e. The lowest BCUT2D eigenvalue weighted by molar-refractivity contribution is -0.108. The number of rotatable bonds is 7. The summed E-state index contributed by atoms with van der Waals surface area (Å²) in [6.07, 6.45) is 4.83. The Kier molecular flexibility index (Phi) is 5.69. The van der Waals surface area contributed by atoms with Crippen molar-refractivity contribution >= 4 is 6.29 Å². The van der Waals surface area contributed by atoms with Crippen molar-refractivity contribution in [1.29, 1.82) is 0 Å². The van der Waals surface area contributed by atoms with E-state index in [-0.39, 0.29) is 0 Å². The van der Waals surface area contributed by atoms with Crippen LogP contribution in [-0.2, 0) is 10.3 Å². The number of nitrogens with zero attached hydrogens (tertiary/aromatic N) is 2. The van der Waals surface area contributed by atoms with Crippen LogP contribution in [0.2, 0.25) is 0 Å². The van der Waals surface area contributed by atoms with Gasteiger partial charge in [0.2, 0.25) is 0 Å². The van der Waals surface area contributed by atoms with E-state index < -0.39 is 11.5 Å². The Balaban J connectivity index is 1.77. The summed E-state index contributed by atoms with van der Waals surface area (Å²) in [6.45, 7) is 0. The van der Waals surface area contributed by atoms with Gasteiger partial charge in [-0.3, -0.25) is 0 Å². The van der Waals surface area contributed by atoms with Crippen molar-refractivity contribution in [2.24, 2.45) is 0 Å². The molecule has 0 N–H and O–H groups in total. The van der Waals surface area contributed by atoms with Gasteiger partial charge in [-0.25, -0.2) is 4.98 Å². The molecule has 0 spiro atoms. The van der Waals surface area contributed by atoms with Crippen LogP contribution in [0.4, 0.5) is 0 Å². The highest BCUT2D eigenvalue weighted by Crippen LogP contribution is 2.41. The van der Waals surface area contributed by atoms with Gasteiger partial charge in [-0.05, 0) is 22.3 Å². The number of aromatic nitrogens is 2. The lowest BCUT2D eigenvalue weighted by Crippen LogP contribution is -2.37. The summed E-state index contributed by atoms with van der Waals surface area (Å²) in [5.41, 5.74) is 4.38. The molecule has 33 heavy (non-hydrogen) atoms. The summed E-state index contributed by atoms with van der Waals surface area (Å²) in [6, 6.07) is 41.1. The zero-order valence-corrected chi connectivity index (χ0v) is 18.2. The molecule has 0 saturated heterocycles. The minimum absolute atomic E-state index is 0.424. The third kappa shape index (κ3) is 3.68. The number of carbonyl (C=O) groups is 1. The quantitative estimate of drug-likeness (QED) is 0.233. The fraction of sp³-hybridized carbons (Fsp3) is 0.0667. The van der Waals surface area contributed by atoms with Crippen molar-refractivity contribution in [3.05, 3.63) is 162 Å². The summed E-state index contributed by atoms with van der Waals surface area (Å²) in [5.74, 6) is -0.424. The Morgan fingerprint density at radius 3 is 1.48 bits per heavy atom. The Hall–Kier alpha value is -4.24. The van der Waals surface area contributed by atoms with Gasteiger partial charge in [0.1, 0.15) is 11.8 Å². The van der Waals surface area contributed by atoms with Crippen LogP contribution in [-0.4, -0.2) is 15.8 Å². The second kappa shape index (κ2) is 9.09. The van der Waals surface area contributed by atoms with Gasteiger partial charge in [-0.2, -0.15) is 0 Å². The van der Waals surface area contributed by atoms with E-state index in [2.05, 4.69) is 77.4 Å². The average molecular weight is 429 g/mol. The molecule has 0 aliphatic carbocycles. The van der Waals surface area contributed by atoms with Crippen LogP contribution in [0.25, 0.3) is 0 Å². The Labute approximate surface area is 194 Å². The van der Waals surface area contributed by atoms with Crippen molar-refractivity contribution < 1.29 is 4.79 Å². The van der Waals surface area contributed by atoms with Crippen molar-refractivity contribution in [3.8, 4) is 0 Å². The summed E-state index contributed by atoms with van der Waals surface area (Å²) >= 11 is 0. The summed E-state index contributed by atoms with van der Waals surface area (Å²) < 4.78 is 2.14. The Morgan fingerprint density at radius 2 is 1.06 bits per heavy atom. The number of benzene rings is 4. The third-order valence-electron chi connectivity index (χ3n) is 6.18. The van der Waals surface area contributed by atoms with Crippen LogP contribution in [0.5, 0.6) is 0 Å². The standard InChI is InChI=1S/C30H24N2O/c33-22-28(24-13-5-1-6-14-24)29-21-32(23-31-29)30(25-15-7-2-8-16-25,26-17-9-3-10-18-26)27-19-11-4-12-20-27/h1-23,28H. The molecule has 3 heteroatoms. The van der Waals surface area contributed by atoms with Crippen LogP contribution in [0.1, 0.15) is 33.9 Å². The molecular formula is C30H24N2O. The minimum Gasteiger partial charge on any atom is -0.319 e. The molecule has 4 aromatic carbocycles. The highest BCUT2D eigenvalue weighted by atomic mass is 16.1. The maximum absolute atomic E-state index is 12.1. The van der Waals surface area contributed by atoms with Crippen LogP contribution < -0.4 is 0 Å². The molecular weight excluding hydrogens is 404 g/mol. The van der Waals surface area contributed by atoms with Crippen LogP contribution in [0, 0.1) is 0 Å². The zero-order valence-electron chi connectivity index (χ0n) is 18.2. The number of imidazole rings is 1. The molecule has 1 heterocycles. The predicted molar refractivity (Wildman–Crippen MR) is 131 cm³/mol. The Bertz CT molecular complexity index is 1220. The SMILES string of the molecule is O=CC(c1ccccc1)c1cn(C(c2ccccc2)(c2ccccc2)c2ccccc2)cn1. The largest absolute Gasteiger partial charge is 0.319 e. The Morgan fingerprint density at radius 1 is 0.636 bits per heavy atom. The molecule has 0 amide bonds. The molecule has 1 aromatic heterocycles. The molecule has 5 aromatic rings. The lowest BCUT2D eigenvalue weighted by atomic mass is 9.76. The summed E-state index contributed by atoms with van der Waals surface area (Å²) in [4.78, 5) is 16.9. The fourth-order valence-electron chi connectivity index (χ4n) is 4.65. The summed E-state index contributed by atoms with van der Waals surface area (Å²) in [7, 11) is 0. The molecule has 5 rings (SSSR count). The third-order valence-corrected chi connectivity index (χ3v) is 6.18. The second-order valence-corrected chi connectivity index (χ2v) is 8.04. The fourth-order valence-corrected chi connectivity index (χ4v) is 4.65. The highest BCUT2D eigenvalue weighted by molar-refractivity contribution is 5.67. The predicted octanol–water partition coefficient (Wildman–Crippen LogP) is 6.05. The molecule has 1 unspecified atom stereocenters. The monoisotopic (exact) mass is 428 g/mol. The van der Waals surface area contributed by atoms with Gasteiger partial charge in [0.05, 0.1) is 17.9 Å². The van der Waals surface area contributed by atoms with Gasteiger partial charge in [-0.15, -0.1) is 0 Å². The van der Waals surface area contributed by atoms with Gasteiger partial charge in [-0.1, -0.05) is 121 Å². The highest BCUT2D eigenvalue weighted by Gasteiger charge is 2.38.